The zero-order chi connectivity index (χ0) is 18.9. The van der Waals surface area contributed by atoms with Crippen LogP contribution in [0.1, 0.15) is 48.0 Å². The molecule has 1 unspecified atom stereocenters. The van der Waals surface area contributed by atoms with Crippen LogP contribution in [0.15, 0.2) is 71.1 Å². The molecule has 0 radical (unpaired) electrons. The molecule has 2 aliphatic carbocycles. The first-order chi connectivity index (χ1) is 11.4. The van der Waals surface area contributed by atoms with Gasteiger partial charge in [0.05, 0.1) is 5.57 Å². The van der Waals surface area contributed by atoms with Crippen molar-refractivity contribution in [2.75, 3.05) is 0 Å². The van der Waals surface area contributed by atoms with Crippen LogP contribution >= 0.6 is 0 Å². The van der Waals surface area contributed by atoms with Gasteiger partial charge >= 0.3 is 6.11 Å². The lowest BCUT2D eigenvalue weighted by atomic mass is 9.84. The highest BCUT2D eigenvalue weighted by Crippen LogP contribution is 2.39. The number of alkyl halides is 2. The van der Waals surface area contributed by atoms with E-state index < -0.39 is 11.5 Å². The van der Waals surface area contributed by atoms with Crippen molar-refractivity contribution in [3.05, 3.63) is 71.1 Å². The summed E-state index contributed by atoms with van der Waals surface area (Å²) < 4.78 is 35.0. The number of rotatable bonds is 4. The third kappa shape index (κ3) is 5.04. The summed E-state index contributed by atoms with van der Waals surface area (Å²) in [6, 6.07) is 0. The number of ether oxygens (including phenoxy) is 1. The Morgan fingerprint density at radius 3 is 2.12 bits per heavy atom. The third-order valence-electron chi connectivity index (χ3n) is 4.54. The van der Waals surface area contributed by atoms with Crippen LogP contribution in [0.5, 0.6) is 0 Å². The molecule has 0 aromatic heterocycles. The lowest BCUT2D eigenvalue weighted by molar-refractivity contribution is -0.177. The van der Waals surface area contributed by atoms with Crippen LogP contribution < -0.4 is 0 Å². The maximum absolute atomic E-state index is 14.9. The molecule has 136 valence electrons. The molecule has 25 heavy (non-hydrogen) atoms. The quantitative estimate of drug-likeness (QED) is 0.539. The van der Waals surface area contributed by atoms with Crippen LogP contribution in [0.2, 0.25) is 0 Å². The first-order valence-corrected chi connectivity index (χ1v) is 8.73. The van der Waals surface area contributed by atoms with Gasteiger partial charge in [0.2, 0.25) is 0 Å². The van der Waals surface area contributed by atoms with E-state index in [4.69, 9.17) is 4.74 Å². The SMILES string of the molecule is CCC1(C)C=C(C)C=CC(C(F)(F)OC2=CC(C)(C)C=C(C)C=C2)=C1. The molecule has 2 aliphatic rings. The predicted molar refractivity (Wildman–Crippen MR) is 100 cm³/mol. The molecule has 1 atom stereocenters. The second-order valence-corrected chi connectivity index (χ2v) is 7.89. The van der Waals surface area contributed by atoms with Crippen molar-refractivity contribution < 1.29 is 13.5 Å². The molecule has 0 saturated carbocycles. The topological polar surface area (TPSA) is 9.23 Å². The second kappa shape index (κ2) is 6.78. The first kappa shape index (κ1) is 19.4. The highest BCUT2D eigenvalue weighted by atomic mass is 19.3. The minimum Gasteiger partial charge on any atom is -0.429 e. The molecule has 3 heteroatoms. The fourth-order valence-corrected chi connectivity index (χ4v) is 3.19. The summed E-state index contributed by atoms with van der Waals surface area (Å²) in [6.45, 7) is 11.8. The van der Waals surface area contributed by atoms with Crippen molar-refractivity contribution in [3.8, 4) is 0 Å². The summed E-state index contributed by atoms with van der Waals surface area (Å²) in [5, 5.41) is 0. The predicted octanol–water partition coefficient (Wildman–Crippen LogP) is 6.88. The number of halogens is 2. The van der Waals surface area contributed by atoms with Gasteiger partial charge in [-0.25, -0.2) is 0 Å². The Morgan fingerprint density at radius 1 is 0.880 bits per heavy atom. The van der Waals surface area contributed by atoms with Gasteiger partial charge in [-0.05, 0) is 38.5 Å². The first-order valence-electron chi connectivity index (χ1n) is 8.73. The Hall–Kier alpha value is -1.90. The molecule has 0 heterocycles. The molecule has 0 fully saturated rings. The van der Waals surface area contributed by atoms with Crippen molar-refractivity contribution in [3.63, 3.8) is 0 Å². The van der Waals surface area contributed by atoms with Gasteiger partial charge < -0.3 is 4.74 Å². The van der Waals surface area contributed by atoms with Crippen LogP contribution in [0.3, 0.4) is 0 Å². The zero-order valence-electron chi connectivity index (χ0n) is 16.0. The van der Waals surface area contributed by atoms with Gasteiger partial charge in [0.15, 0.2) is 0 Å². The van der Waals surface area contributed by atoms with Gasteiger partial charge in [-0.3, -0.25) is 0 Å². The fourth-order valence-electron chi connectivity index (χ4n) is 3.19. The maximum atomic E-state index is 14.9. The number of hydrogen-bond donors (Lipinski definition) is 0. The Balaban J connectivity index is 2.35. The van der Waals surface area contributed by atoms with Gasteiger partial charge in [-0.15, -0.1) is 0 Å². The lowest BCUT2D eigenvalue weighted by Gasteiger charge is -2.25. The van der Waals surface area contributed by atoms with E-state index in [9.17, 15) is 8.78 Å². The molecule has 1 nitrogen and oxygen atoms in total. The summed E-state index contributed by atoms with van der Waals surface area (Å²) in [5.41, 5.74) is 1.13. The van der Waals surface area contributed by atoms with E-state index in [0.29, 0.717) is 0 Å². The van der Waals surface area contributed by atoms with Crippen LogP contribution in [-0.2, 0) is 4.74 Å². The smallest absolute Gasteiger partial charge is 0.426 e. The van der Waals surface area contributed by atoms with Crippen molar-refractivity contribution in [1.82, 2.24) is 0 Å². The van der Waals surface area contributed by atoms with E-state index in [1.807, 2.05) is 53.7 Å². The monoisotopic (exact) mass is 346 g/mol. The Bertz CT molecular complexity index is 714. The van der Waals surface area contributed by atoms with Crippen molar-refractivity contribution >= 4 is 0 Å². The number of allylic oxidation sites excluding steroid dienone is 9. The van der Waals surface area contributed by atoms with E-state index in [1.54, 1.807) is 30.4 Å². The summed E-state index contributed by atoms with van der Waals surface area (Å²) in [6.07, 6.45) is 11.3. The standard InChI is InChI=1S/C22H28F2O/c1-7-21(6)13-17(3)8-10-18(14-21)22(23,24)25-19-11-9-16(2)12-20(4,5)15-19/h8-15H,7H2,1-6H3. The molecule has 0 spiro atoms. The van der Waals surface area contributed by atoms with Gasteiger partial charge in [-0.1, -0.05) is 69.2 Å². The molecule has 0 aliphatic heterocycles. The van der Waals surface area contributed by atoms with Gasteiger partial charge in [0.25, 0.3) is 0 Å². The fraction of sp³-hybridized carbons (Fsp3) is 0.455. The average molecular weight is 346 g/mol. The van der Waals surface area contributed by atoms with Crippen LogP contribution in [-0.4, -0.2) is 6.11 Å². The van der Waals surface area contributed by atoms with E-state index >= 15 is 0 Å². The van der Waals surface area contributed by atoms with Crippen molar-refractivity contribution in [2.45, 2.75) is 54.1 Å². The zero-order valence-corrected chi connectivity index (χ0v) is 16.0. The van der Waals surface area contributed by atoms with Gasteiger partial charge in [0, 0.05) is 10.8 Å². The molecule has 0 bridgehead atoms. The molecular formula is C22H28F2O. The minimum absolute atomic E-state index is 0.106. The Labute approximate surface area is 150 Å². The van der Waals surface area contributed by atoms with Crippen LogP contribution in [0.4, 0.5) is 8.78 Å². The molecule has 0 aromatic carbocycles. The van der Waals surface area contributed by atoms with Crippen molar-refractivity contribution in [2.24, 2.45) is 10.8 Å². The normalized spacial score (nSPS) is 26.1. The van der Waals surface area contributed by atoms with Crippen LogP contribution in [0, 0.1) is 10.8 Å². The summed E-state index contributed by atoms with van der Waals surface area (Å²) in [4.78, 5) is 0. The minimum atomic E-state index is -3.39. The highest BCUT2D eigenvalue weighted by molar-refractivity contribution is 5.39. The second-order valence-electron chi connectivity index (χ2n) is 7.89. The lowest BCUT2D eigenvalue weighted by Crippen LogP contribution is -2.24. The molecule has 0 saturated heterocycles. The molecule has 2 rings (SSSR count). The number of hydrogen-bond acceptors (Lipinski definition) is 1. The summed E-state index contributed by atoms with van der Waals surface area (Å²) in [7, 11) is 0. The Morgan fingerprint density at radius 2 is 1.48 bits per heavy atom. The Kier molecular flexibility index (Phi) is 5.27. The van der Waals surface area contributed by atoms with E-state index in [-0.39, 0.29) is 16.7 Å². The molecular weight excluding hydrogens is 318 g/mol. The summed E-state index contributed by atoms with van der Waals surface area (Å²) >= 11 is 0. The maximum Gasteiger partial charge on any atom is 0.426 e. The largest absolute Gasteiger partial charge is 0.429 e. The van der Waals surface area contributed by atoms with E-state index in [2.05, 4.69) is 0 Å². The van der Waals surface area contributed by atoms with E-state index in [0.717, 1.165) is 17.6 Å². The molecule has 0 amide bonds. The van der Waals surface area contributed by atoms with Gasteiger partial charge in [0.1, 0.15) is 5.76 Å². The van der Waals surface area contributed by atoms with Gasteiger partial charge in [-0.2, -0.15) is 8.78 Å². The third-order valence-corrected chi connectivity index (χ3v) is 4.54. The summed E-state index contributed by atoms with van der Waals surface area (Å²) in [5.74, 6) is 0.185. The van der Waals surface area contributed by atoms with Crippen LogP contribution in [0.25, 0.3) is 0 Å². The average Bonchev–Trinajstić information content (AvgIpc) is 2.70. The molecule has 0 aromatic rings. The van der Waals surface area contributed by atoms with Crippen molar-refractivity contribution in [1.29, 1.82) is 0 Å². The highest BCUT2D eigenvalue weighted by Gasteiger charge is 2.38. The molecule has 0 N–H and O–H groups in total. The van der Waals surface area contributed by atoms with E-state index in [1.165, 1.54) is 6.08 Å².